The van der Waals surface area contributed by atoms with E-state index in [0.717, 1.165) is 24.3 Å². The molecular weight excluding hydrogens is 615 g/mol. The summed E-state index contributed by atoms with van der Waals surface area (Å²) in [6.45, 7) is 0. The van der Waals surface area contributed by atoms with E-state index in [4.69, 9.17) is 44.9 Å². The quantitative estimate of drug-likeness (QED) is 0.167. The summed E-state index contributed by atoms with van der Waals surface area (Å²) in [7, 11) is -1.70. The molecule has 18 heteroatoms. The number of benzene rings is 2. The van der Waals surface area contributed by atoms with E-state index in [9.17, 15) is 26.3 Å². The maximum Gasteiger partial charge on any atom is 0.573 e. The molecule has 2 aromatic heterocycles. The molecule has 2 N–H and O–H groups in total. The standard InChI is InChI=1S/C11H6ClF3N2O.C7H6BF3O3.C4H2Cl2N2/c12-10-5-9(16-6-17-10)7-1-3-8(4-2-7)18-11(13,14)15;9-7(10,11)14-6-3-1-5(2-4-6)8(12)13;5-3-1-4(6)8-2-7-3/h1-6H;1-4,12-13H;1-2H. The molecule has 2 aromatic carbocycles. The first-order chi connectivity index (χ1) is 18.6. The van der Waals surface area contributed by atoms with E-state index in [1.54, 1.807) is 0 Å². The number of aromatic nitrogens is 4. The van der Waals surface area contributed by atoms with Crippen LogP contribution in [0.4, 0.5) is 26.3 Å². The van der Waals surface area contributed by atoms with Crippen LogP contribution in [0.5, 0.6) is 11.5 Å². The molecule has 4 aromatic rings. The van der Waals surface area contributed by atoms with Crippen molar-refractivity contribution in [2.45, 2.75) is 12.7 Å². The Balaban J connectivity index is 0.000000226. The summed E-state index contributed by atoms with van der Waals surface area (Å²) in [5.41, 5.74) is 1.24. The zero-order valence-electron chi connectivity index (χ0n) is 19.4. The van der Waals surface area contributed by atoms with Crippen LogP contribution in [0.1, 0.15) is 0 Å². The smallest absolute Gasteiger partial charge is 0.423 e. The van der Waals surface area contributed by atoms with Gasteiger partial charge in [0.15, 0.2) is 0 Å². The van der Waals surface area contributed by atoms with Crippen molar-refractivity contribution >= 4 is 47.4 Å². The Morgan fingerprint density at radius 2 is 1.00 bits per heavy atom. The van der Waals surface area contributed by atoms with Gasteiger partial charge in [-0.2, -0.15) is 0 Å². The molecule has 0 atom stereocenters. The average molecular weight is 630 g/mol. The zero-order valence-corrected chi connectivity index (χ0v) is 21.7. The lowest BCUT2D eigenvalue weighted by Gasteiger charge is -2.09. The van der Waals surface area contributed by atoms with E-state index < -0.39 is 25.6 Å². The van der Waals surface area contributed by atoms with Gasteiger partial charge in [-0.05, 0) is 41.9 Å². The topological polar surface area (TPSA) is 110 Å². The second-order valence-corrected chi connectivity index (χ2v) is 8.11. The van der Waals surface area contributed by atoms with Crippen molar-refractivity contribution in [3.63, 3.8) is 0 Å². The van der Waals surface area contributed by atoms with Crippen LogP contribution in [-0.4, -0.2) is 49.8 Å². The molecule has 4 rings (SSSR count). The minimum atomic E-state index is -4.74. The SMILES string of the molecule is Clc1cc(Cl)ncn1.FC(F)(F)Oc1ccc(-c2cc(Cl)ncn2)cc1.OB(O)c1ccc(OC(F)(F)F)cc1. The summed E-state index contributed by atoms with van der Waals surface area (Å²) in [6.07, 6.45) is -6.85. The molecule has 8 nitrogen and oxygen atoms in total. The molecule has 0 radical (unpaired) electrons. The molecule has 0 amide bonds. The summed E-state index contributed by atoms with van der Waals surface area (Å²) < 4.78 is 78.2. The van der Waals surface area contributed by atoms with Gasteiger partial charge in [-0.3, -0.25) is 0 Å². The van der Waals surface area contributed by atoms with Crippen molar-refractivity contribution in [2.24, 2.45) is 0 Å². The second-order valence-electron chi connectivity index (χ2n) is 6.95. The largest absolute Gasteiger partial charge is 0.573 e. The monoisotopic (exact) mass is 628 g/mol. The number of alkyl halides is 6. The summed E-state index contributed by atoms with van der Waals surface area (Å²) in [5.74, 6) is -0.687. The van der Waals surface area contributed by atoms with E-state index in [2.05, 4.69) is 29.4 Å². The lowest BCUT2D eigenvalue weighted by atomic mass is 9.80. The molecule has 2 heterocycles. The van der Waals surface area contributed by atoms with Gasteiger partial charge in [-0.1, -0.05) is 46.9 Å². The van der Waals surface area contributed by atoms with Gasteiger partial charge in [0.25, 0.3) is 0 Å². The Morgan fingerprint density at radius 3 is 1.35 bits per heavy atom. The van der Waals surface area contributed by atoms with Crippen molar-refractivity contribution in [3.05, 3.63) is 88.8 Å². The highest BCUT2D eigenvalue weighted by molar-refractivity contribution is 6.58. The van der Waals surface area contributed by atoms with Gasteiger partial charge in [0.2, 0.25) is 0 Å². The van der Waals surface area contributed by atoms with Gasteiger partial charge < -0.3 is 19.5 Å². The molecule has 0 aliphatic heterocycles. The summed E-state index contributed by atoms with van der Waals surface area (Å²) in [4.78, 5) is 14.9. The number of hydrogen-bond donors (Lipinski definition) is 2. The van der Waals surface area contributed by atoms with Gasteiger partial charge >= 0.3 is 19.8 Å². The molecule has 0 saturated carbocycles. The van der Waals surface area contributed by atoms with E-state index in [-0.39, 0.29) is 16.4 Å². The molecule has 0 aliphatic rings. The van der Waals surface area contributed by atoms with E-state index >= 15 is 0 Å². The minimum Gasteiger partial charge on any atom is -0.423 e. The van der Waals surface area contributed by atoms with Gasteiger partial charge in [0, 0.05) is 17.7 Å². The third kappa shape index (κ3) is 13.1. The third-order valence-corrected chi connectivity index (χ3v) is 4.65. The van der Waals surface area contributed by atoms with Crippen molar-refractivity contribution in [2.75, 3.05) is 0 Å². The molecule has 0 fully saturated rings. The van der Waals surface area contributed by atoms with Gasteiger partial charge in [0.05, 0.1) is 5.69 Å². The number of nitrogens with zero attached hydrogens (tertiary/aromatic N) is 4. The molecule has 0 aliphatic carbocycles. The third-order valence-electron chi connectivity index (χ3n) is 4.03. The number of hydrogen-bond acceptors (Lipinski definition) is 8. The van der Waals surface area contributed by atoms with Crippen LogP contribution in [0.3, 0.4) is 0 Å². The average Bonchev–Trinajstić information content (AvgIpc) is 2.84. The fourth-order valence-electron chi connectivity index (χ4n) is 2.47. The van der Waals surface area contributed by atoms with Crippen LogP contribution in [0.2, 0.25) is 15.5 Å². The van der Waals surface area contributed by atoms with Crippen molar-refractivity contribution in [3.8, 4) is 22.8 Å². The Morgan fingerprint density at radius 1 is 0.600 bits per heavy atom. The predicted octanol–water partition coefficient (Wildman–Crippen LogP) is 5.74. The molecule has 0 saturated heterocycles. The lowest BCUT2D eigenvalue weighted by Crippen LogP contribution is -2.29. The van der Waals surface area contributed by atoms with Gasteiger partial charge in [-0.25, -0.2) is 19.9 Å². The molecule has 40 heavy (non-hydrogen) atoms. The van der Waals surface area contributed by atoms with Crippen LogP contribution >= 0.6 is 34.8 Å². The Labute approximate surface area is 237 Å². The van der Waals surface area contributed by atoms with Crippen LogP contribution in [0.15, 0.2) is 73.3 Å². The molecule has 0 bridgehead atoms. The first-order valence-corrected chi connectivity index (χ1v) is 11.4. The van der Waals surface area contributed by atoms with E-state index in [1.807, 2.05) is 0 Å². The maximum atomic E-state index is 12.0. The van der Waals surface area contributed by atoms with Crippen LogP contribution in [0, 0.1) is 0 Å². The van der Waals surface area contributed by atoms with E-state index in [0.29, 0.717) is 21.6 Å². The Kier molecular flexibility index (Phi) is 12.2. The molecule has 0 unspecified atom stereocenters. The van der Waals surface area contributed by atoms with Gasteiger partial charge in [-0.15, -0.1) is 26.3 Å². The fraction of sp³-hybridized carbons (Fsp3) is 0.0909. The predicted molar refractivity (Wildman–Crippen MR) is 134 cm³/mol. The maximum absolute atomic E-state index is 12.0. The molecule has 0 spiro atoms. The fourth-order valence-corrected chi connectivity index (χ4v) is 2.97. The van der Waals surface area contributed by atoms with Crippen LogP contribution in [-0.2, 0) is 0 Å². The summed E-state index contributed by atoms with van der Waals surface area (Å²) >= 11 is 16.5. The highest BCUT2D eigenvalue weighted by Gasteiger charge is 2.31. The van der Waals surface area contributed by atoms with Crippen LogP contribution in [0.25, 0.3) is 11.3 Å². The van der Waals surface area contributed by atoms with Crippen molar-refractivity contribution < 1.29 is 45.9 Å². The number of halogens is 9. The van der Waals surface area contributed by atoms with E-state index in [1.165, 1.54) is 49.1 Å². The zero-order chi connectivity index (χ0) is 29.9. The van der Waals surface area contributed by atoms with Crippen LogP contribution < -0.4 is 14.9 Å². The first-order valence-electron chi connectivity index (χ1n) is 10.3. The highest BCUT2D eigenvalue weighted by atomic mass is 35.5. The number of rotatable bonds is 4. The van der Waals surface area contributed by atoms with Gasteiger partial charge in [0.1, 0.15) is 39.6 Å². The summed E-state index contributed by atoms with van der Waals surface area (Å²) in [5, 5.41) is 18.3. The van der Waals surface area contributed by atoms with Crippen molar-refractivity contribution in [1.82, 2.24) is 19.9 Å². The molecular formula is C22H14BCl3F6N4O4. The number of ether oxygens (including phenoxy) is 2. The molecule has 212 valence electrons. The lowest BCUT2D eigenvalue weighted by molar-refractivity contribution is -0.275. The normalized spacial score (nSPS) is 10.9. The highest BCUT2D eigenvalue weighted by Crippen LogP contribution is 2.26. The van der Waals surface area contributed by atoms with Crippen molar-refractivity contribution in [1.29, 1.82) is 0 Å². The summed E-state index contributed by atoms with van der Waals surface area (Å²) in [6, 6.07) is 12.6. The second kappa shape index (κ2) is 14.9. The minimum absolute atomic E-state index is 0.0968. The Hall–Kier alpha value is -3.37. The first kappa shape index (κ1) is 32.8. The Bertz CT molecular complexity index is 1330.